The molecule has 0 heterocycles. The van der Waals surface area contributed by atoms with Crippen molar-refractivity contribution in [2.24, 2.45) is 0 Å². The van der Waals surface area contributed by atoms with E-state index in [1.807, 2.05) is 6.92 Å². The summed E-state index contributed by atoms with van der Waals surface area (Å²) in [6, 6.07) is 9.54. The quantitative estimate of drug-likeness (QED) is 0.888. The second-order valence-electron chi connectivity index (χ2n) is 4.38. The topological polar surface area (TPSA) is 29.5 Å². The van der Waals surface area contributed by atoms with Crippen LogP contribution in [0.5, 0.6) is 11.5 Å². The zero-order chi connectivity index (χ0) is 14.0. The number of aliphatic hydroxyl groups is 1. The maximum atomic E-state index is 13.8. The largest absolute Gasteiger partial charge is 0.454 e. The number of hydrogen-bond donors (Lipinski definition) is 1. The van der Waals surface area contributed by atoms with Gasteiger partial charge in [0, 0.05) is 5.02 Å². The highest BCUT2D eigenvalue weighted by molar-refractivity contribution is 6.30. The summed E-state index contributed by atoms with van der Waals surface area (Å²) in [4.78, 5) is 0. The summed E-state index contributed by atoms with van der Waals surface area (Å²) in [6.07, 6.45) is -0.708. The molecule has 0 aromatic heterocycles. The lowest BCUT2D eigenvalue weighted by molar-refractivity contribution is 0.198. The molecule has 2 nitrogen and oxygen atoms in total. The number of ether oxygens (including phenoxy) is 1. The summed E-state index contributed by atoms with van der Waals surface area (Å²) in [5.74, 6) is 0.163. The second-order valence-corrected chi connectivity index (χ2v) is 4.81. The van der Waals surface area contributed by atoms with Crippen LogP contribution in [0.1, 0.15) is 24.2 Å². The Morgan fingerprint density at radius 2 is 1.84 bits per heavy atom. The molecule has 1 N–H and O–H groups in total. The van der Waals surface area contributed by atoms with Crippen molar-refractivity contribution in [1.29, 1.82) is 0 Å². The SMILES string of the molecule is Cc1cc(Cl)ccc1Oc1ccc([C@@H](C)O)cc1F. The summed E-state index contributed by atoms with van der Waals surface area (Å²) in [5.41, 5.74) is 1.34. The summed E-state index contributed by atoms with van der Waals surface area (Å²) in [7, 11) is 0. The van der Waals surface area contributed by atoms with E-state index in [-0.39, 0.29) is 5.75 Å². The van der Waals surface area contributed by atoms with Crippen LogP contribution >= 0.6 is 11.6 Å². The average Bonchev–Trinajstić information content (AvgIpc) is 2.34. The minimum absolute atomic E-state index is 0.120. The van der Waals surface area contributed by atoms with E-state index in [0.29, 0.717) is 16.3 Å². The van der Waals surface area contributed by atoms with Crippen molar-refractivity contribution in [1.82, 2.24) is 0 Å². The van der Waals surface area contributed by atoms with Gasteiger partial charge in [0.1, 0.15) is 5.75 Å². The Labute approximate surface area is 116 Å². The van der Waals surface area contributed by atoms with Gasteiger partial charge in [0.25, 0.3) is 0 Å². The lowest BCUT2D eigenvalue weighted by atomic mass is 10.1. The molecular weight excluding hydrogens is 267 g/mol. The Morgan fingerprint density at radius 3 is 2.42 bits per heavy atom. The predicted octanol–water partition coefficient (Wildman–Crippen LogP) is 4.63. The number of rotatable bonds is 3. The third-order valence-electron chi connectivity index (χ3n) is 2.80. The van der Waals surface area contributed by atoms with Crippen LogP contribution < -0.4 is 4.74 Å². The Bertz CT molecular complexity index is 597. The lowest BCUT2D eigenvalue weighted by Gasteiger charge is -2.11. The van der Waals surface area contributed by atoms with Crippen LogP contribution in [0.4, 0.5) is 4.39 Å². The van der Waals surface area contributed by atoms with E-state index in [1.165, 1.54) is 12.1 Å². The lowest BCUT2D eigenvalue weighted by Crippen LogP contribution is -1.95. The molecule has 0 radical (unpaired) electrons. The van der Waals surface area contributed by atoms with E-state index in [0.717, 1.165) is 5.56 Å². The minimum Gasteiger partial charge on any atom is -0.454 e. The van der Waals surface area contributed by atoms with Gasteiger partial charge in [0.05, 0.1) is 6.10 Å². The van der Waals surface area contributed by atoms with Crippen molar-refractivity contribution >= 4 is 11.6 Å². The maximum Gasteiger partial charge on any atom is 0.166 e. The highest BCUT2D eigenvalue weighted by Crippen LogP contribution is 2.30. The van der Waals surface area contributed by atoms with Gasteiger partial charge in [-0.15, -0.1) is 0 Å². The fraction of sp³-hybridized carbons (Fsp3) is 0.200. The van der Waals surface area contributed by atoms with Gasteiger partial charge in [-0.1, -0.05) is 17.7 Å². The van der Waals surface area contributed by atoms with Crippen molar-refractivity contribution in [3.63, 3.8) is 0 Å². The highest BCUT2D eigenvalue weighted by atomic mass is 35.5. The van der Waals surface area contributed by atoms with Gasteiger partial charge in [-0.3, -0.25) is 0 Å². The van der Waals surface area contributed by atoms with E-state index in [4.69, 9.17) is 16.3 Å². The molecule has 0 spiro atoms. The molecule has 0 bridgehead atoms. The molecule has 0 saturated heterocycles. The van der Waals surface area contributed by atoms with Crippen molar-refractivity contribution < 1.29 is 14.2 Å². The van der Waals surface area contributed by atoms with Crippen LogP contribution in [-0.2, 0) is 0 Å². The highest BCUT2D eigenvalue weighted by Gasteiger charge is 2.10. The van der Waals surface area contributed by atoms with Crippen molar-refractivity contribution in [2.75, 3.05) is 0 Å². The van der Waals surface area contributed by atoms with Crippen LogP contribution in [0.15, 0.2) is 36.4 Å². The predicted molar refractivity (Wildman–Crippen MR) is 73.3 cm³/mol. The van der Waals surface area contributed by atoms with Crippen molar-refractivity contribution in [2.45, 2.75) is 20.0 Å². The zero-order valence-electron chi connectivity index (χ0n) is 10.7. The summed E-state index contributed by atoms with van der Waals surface area (Å²) < 4.78 is 19.4. The number of benzene rings is 2. The molecule has 2 aromatic rings. The third-order valence-corrected chi connectivity index (χ3v) is 3.03. The first-order chi connectivity index (χ1) is 8.97. The Hall–Kier alpha value is -1.58. The molecule has 4 heteroatoms. The van der Waals surface area contributed by atoms with Crippen LogP contribution in [0, 0.1) is 12.7 Å². The normalized spacial score (nSPS) is 12.3. The first-order valence-electron chi connectivity index (χ1n) is 5.89. The number of aryl methyl sites for hydroxylation is 1. The van der Waals surface area contributed by atoms with Gasteiger partial charge in [-0.25, -0.2) is 4.39 Å². The maximum absolute atomic E-state index is 13.8. The van der Waals surface area contributed by atoms with Crippen LogP contribution in [0.3, 0.4) is 0 Å². The molecule has 0 aliphatic rings. The Balaban J connectivity index is 2.28. The van der Waals surface area contributed by atoms with E-state index >= 15 is 0 Å². The van der Waals surface area contributed by atoms with Gasteiger partial charge >= 0.3 is 0 Å². The zero-order valence-corrected chi connectivity index (χ0v) is 11.4. The number of hydrogen-bond acceptors (Lipinski definition) is 2. The fourth-order valence-electron chi connectivity index (χ4n) is 1.71. The molecule has 0 unspecified atom stereocenters. The standard InChI is InChI=1S/C15H14ClFO2/c1-9-7-12(16)4-6-14(9)19-15-5-3-11(10(2)18)8-13(15)17/h3-8,10,18H,1-2H3/t10-/m1/s1. The fourth-order valence-corrected chi connectivity index (χ4v) is 1.93. The first kappa shape index (κ1) is 13.8. The average molecular weight is 281 g/mol. The smallest absolute Gasteiger partial charge is 0.166 e. The van der Waals surface area contributed by atoms with Gasteiger partial charge in [0.2, 0.25) is 0 Å². The Morgan fingerprint density at radius 1 is 1.16 bits per heavy atom. The molecule has 0 aliphatic carbocycles. The number of halogens is 2. The summed E-state index contributed by atoms with van der Waals surface area (Å²) >= 11 is 5.85. The van der Waals surface area contributed by atoms with Gasteiger partial charge in [-0.2, -0.15) is 0 Å². The molecule has 0 saturated carbocycles. The van der Waals surface area contributed by atoms with Crippen molar-refractivity contribution in [3.8, 4) is 11.5 Å². The van der Waals surface area contributed by atoms with Crippen LogP contribution in [0.2, 0.25) is 5.02 Å². The van der Waals surface area contributed by atoms with E-state index in [1.54, 1.807) is 31.2 Å². The molecule has 2 aromatic carbocycles. The van der Waals surface area contributed by atoms with Gasteiger partial charge < -0.3 is 9.84 Å². The molecule has 2 rings (SSSR count). The molecular formula is C15H14ClFO2. The van der Waals surface area contributed by atoms with E-state index in [2.05, 4.69) is 0 Å². The van der Waals surface area contributed by atoms with Crippen LogP contribution in [-0.4, -0.2) is 5.11 Å². The van der Waals surface area contributed by atoms with Crippen LogP contribution in [0.25, 0.3) is 0 Å². The molecule has 100 valence electrons. The molecule has 1 atom stereocenters. The molecule has 0 amide bonds. The molecule has 0 aliphatic heterocycles. The van der Waals surface area contributed by atoms with E-state index < -0.39 is 11.9 Å². The van der Waals surface area contributed by atoms with E-state index in [9.17, 15) is 9.50 Å². The first-order valence-corrected chi connectivity index (χ1v) is 6.26. The minimum atomic E-state index is -0.708. The summed E-state index contributed by atoms with van der Waals surface area (Å²) in [6.45, 7) is 3.42. The third kappa shape index (κ3) is 3.25. The van der Waals surface area contributed by atoms with Gasteiger partial charge in [0.15, 0.2) is 11.6 Å². The van der Waals surface area contributed by atoms with Crippen molar-refractivity contribution in [3.05, 3.63) is 58.4 Å². The Kier molecular flexibility index (Phi) is 4.08. The van der Waals surface area contributed by atoms with Gasteiger partial charge in [-0.05, 0) is 55.3 Å². The molecule has 0 fully saturated rings. The second kappa shape index (κ2) is 5.59. The number of aliphatic hydroxyl groups excluding tert-OH is 1. The summed E-state index contributed by atoms with van der Waals surface area (Å²) in [5, 5.41) is 9.99. The molecule has 19 heavy (non-hydrogen) atoms. The monoisotopic (exact) mass is 280 g/mol.